The van der Waals surface area contributed by atoms with E-state index in [1.807, 2.05) is 23.1 Å². The van der Waals surface area contributed by atoms with Gasteiger partial charge in [-0.15, -0.1) is 0 Å². The van der Waals surface area contributed by atoms with E-state index in [1.165, 1.54) is 6.07 Å². The van der Waals surface area contributed by atoms with Gasteiger partial charge in [-0.05, 0) is 37.6 Å². The number of hydrogen-bond donors (Lipinski definition) is 1. The Morgan fingerprint density at radius 1 is 1.18 bits per heavy atom. The van der Waals surface area contributed by atoms with Gasteiger partial charge in [0.05, 0.1) is 36.0 Å². The average Bonchev–Trinajstić information content (AvgIpc) is 3.40. The minimum absolute atomic E-state index is 0.00987. The smallest absolute Gasteiger partial charge is 0.228 e. The third-order valence-electron chi connectivity index (χ3n) is 6.68. The monoisotopic (exact) mass is 467 g/mol. The molecule has 1 amide bonds. The number of rotatable bonds is 5. The van der Waals surface area contributed by atoms with Gasteiger partial charge in [-0.3, -0.25) is 4.79 Å². The number of aromatic nitrogens is 2. The number of nitrogens with zero attached hydrogens (tertiary/aromatic N) is 4. The Morgan fingerprint density at radius 2 is 2.00 bits per heavy atom. The van der Waals surface area contributed by atoms with Crippen molar-refractivity contribution in [3.63, 3.8) is 0 Å². The van der Waals surface area contributed by atoms with Crippen LogP contribution in [0.3, 0.4) is 0 Å². The lowest BCUT2D eigenvalue weighted by molar-refractivity contribution is -0.135. The maximum atomic E-state index is 14.3. The Bertz CT molecular complexity index is 1190. The second kappa shape index (κ2) is 9.50. The number of halogens is 2. The molecule has 2 aliphatic heterocycles. The molecule has 1 aromatic heterocycles. The molecule has 0 bridgehead atoms. The molecular formula is C25H27F2N5O2. The zero-order valence-corrected chi connectivity index (χ0v) is 19.0. The Morgan fingerprint density at radius 3 is 2.76 bits per heavy atom. The van der Waals surface area contributed by atoms with Crippen molar-refractivity contribution in [3.8, 4) is 0 Å². The number of piperazine rings is 1. The number of benzene rings is 2. The van der Waals surface area contributed by atoms with Crippen LogP contribution in [0.25, 0.3) is 10.9 Å². The molecule has 0 radical (unpaired) electrons. The van der Waals surface area contributed by atoms with Crippen molar-refractivity contribution >= 4 is 28.2 Å². The molecule has 7 nitrogen and oxygen atoms in total. The predicted molar refractivity (Wildman–Crippen MR) is 126 cm³/mol. The van der Waals surface area contributed by atoms with E-state index >= 15 is 0 Å². The number of anilines is 2. The first kappa shape index (κ1) is 22.5. The Kier molecular flexibility index (Phi) is 6.28. The van der Waals surface area contributed by atoms with Crippen molar-refractivity contribution < 1.29 is 18.3 Å². The van der Waals surface area contributed by atoms with Gasteiger partial charge < -0.3 is 19.9 Å². The maximum absolute atomic E-state index is 14.3. The molecule has 34 heavy (non-hydrogen) atoms. The summed E-state index contributed by atoms with van der Waals surface area (Å²) in [7, 11) is 0. The topological polar surface area (TPSA) is 70.6 Å². The fraction of sp³-hybridized carbons (Fsp3) is 0.400. The first-order valence-electron chi connectivity index (χ1n) is 11.6. The van der Waals surface area contributed by atoms with E-state index in [4.69, 9.17) is 4.74 Å². The van der Waals surface area contributed by atoms with E-state index in [0.29, 0.717) is 37.5 Å². The molecule has 1 unspecified atom stereocenters. The SMILES string of the molecule is C[C@@H](Nc1cnnc2ccc(N3CCN(C(=O)C4CCOC4)CC3)cc12)c1cccc(F)c1F. The highest BCUT2D eigenvalue weighted by Gasteiger charge is 2.30. The molecule has 0 spiro atoms. The van der Waals surface area contributed by atoms with Crippen LogP contribution in [0, 0.1) is 17.6 Å². The molecule has 2 aromatic carbocycles. The summed E-state index contributed by atoms with van der Waals surface area (Å²) in [5.74, 6) is -1.55. The van der Waals surface area contributed by atoms with Crippen LogP contribution in [0.5, 0.6) is 0 Å². The number of nitrogens with one attached hydrogen (secondary N) is 1. The van der Waals surface area contributed by atoms with Crippen LogP contribution >= 0.6 is 0 Å². The Balaban J connectivity index is 1.33. The zero-order valence-electron chi connectivity index (χ0n) is 19.0. The van der Waals surface area contributed by atoms with Gasteiger partial charge >= 0.3 is 0 Å². The van der Waals surface area contributed by atoms with Crippen molar-refractivity contribution in [1.82, 2.24) is 15.1 Å². The van der Waals surface area contributed by atoms with E-state index in [-0.39, 0.29) is 17.4 Å². The minimum atomic E-state index is -0.871. The van der Waals surface area contributed by atoms with Crippen LogP contribution in [0.1, 0.15) is 24.9 Å². The van der Waals surface area contributed by atoms with Gasteiger partial charge in [-0.2, -0.15) is 10.2 Å². The molecule has 5 rings (SSSR count). The normalized spacial score (nSPS) is 19.4. The number of ether oxygens (including phenoxy) is 1. The largest absolute Gasteiger partial charge is 0.381 e. The molecule has 3 aromatic rings. The van der Waals surface area contributed by atoms with Crippen molar-refractivity contribution in [2.45, 2.75) is 19.4 Å². The Labute approximate surface area is 196 Å². The summed E-state index contributed by atoms with van der Waals surface area (Å²) < 4.78 is 33.3. The van der Waals surface area contributed by atoms with Crippen LogP contribution in [0.2, 0.25) is 0 Å². The lowest BCUT2D eigenvalue weighted by Gasteiger charge is -2.37. The Hall–Kier alpha value is -3.33. The van der Waals surface area contributed by atoms with Gasteiger partial charge in [0.25, 0.3) is 0 Å². The van der Waals surface area contributed by atoms with E-state index in [0.717, 1.165) is 36.7 Å². The molecule has 0 saturated carbocycles. The molecule has 1 N–H and O–H groups in total. The summed E-state index contributed by atoms with van der Waals surface area (Å²) in [5, 5.41) is 12.4. The first-order chi connectivity index (χ1) is 16.5. The maximum Gasteiger partial charge on any atom is 0.228 e. The van der Waals surface area contributed by atoms with Crippen molar-refractivity contribution in [1.29, 1.82) is 0 Å². The molecule has 2 atom stereocenters. The van der Waals surface area contributed by atoms with Gasteiger partial charge in [-0.25, -0.2) is 8.78 Å². The number of hydrogen-bond acceptors (Lipinski definition) is 6. The molecule has 2 fully saturated rings. The van der Waals surface area contributed by atoms with Gasteiger partial charge in [0.15, 0.2) is 11.6 Å². The van der Waals surface area contributed by atoms with Crippen molar-refractivity contribution in [3.05, 3.63) is 59.8 Å². The summed E-state index contributed by atoms with van der Waals surface area (Å²) in [5.41, 5.74) is 2.66. The van der Waals surface area contributed by atoms with Crippen molar-refractivity contribution in [2.24, 2.45) is 5.92 Å². The second-order valence-corrected chi connectivity index (χ2v) is 8.84. The average molecular weight is 468 g/mol. The van der Waals surface area contributed by atoms with Crippen LogP contribution < -0.4 is 10.2 Å². The van der Waals surface area contributed by atoms with E-state index in [1.54, 1.807) is 19.2 Å². The number of fused-ring (bicyclic) bond motifs is 1. The van der Waals surface area contributed by atoms with Crippen LogP contribution in [-0.4, -0.2) is 60.4 Å². The molecule has 2 aliphatic rings. The lowest BCUT2D eigenvalue weighted by atomic mass is 10.1. The molecule has 2 saturated heterocycles. The van der Waals surface area contributed by atoms with Gasteiger partial charge in [0.1, 0.15) is 0 Å². The van der Waals surface area contributed by atoms with Crippen molar-refractivity contribution in [2.75, 3.05) is 49.6 Å². The summed E-state index contributed by atoms with van der Waals surface area (Å²) in [6.45, 7) is 5.77. The molecule has 178 valence electrons. The highest BCUT2D eigenvalue weighted by atomic mass is 19.2. The standard InChI is InChI=1S/C25H27F2N5O2/c1-16(19-3-2-4-21(26)24(19)27)29-23-14-28-30-22-6-5-18(13-20(22)23)31-8-10-32(11-9-31)25(33)17-7-12-34-15-17/h2-6,13-14,16-17H,7-12,15H2,1H3,(H,29,30)/t16-,17?/m1/s1. The van der Waals surface area contributed by atoms with Gasteiger partial charge in [0, 0.05) is 49.4 Å². The molecular weight excluding hydrogens is 440 g/mol. The molecule has 3 heterocycles. The number of carbonyl (C=O) groups excluding carboxylic acids is 1. The number of carbonyl (C=O) groups is 1. The molecule has 9 heteroatoms. The minimum Gasteiger partial charge on any atom is -0.381 e. The third-order valence-corrected chi connectivity index (χ3v) is 6.68. The van der Waals surface area contributed by atoms with Crippen LogP contribution in [-0.2, 0) is 9.53 Å². The number of amides is 1. The molecule has 0 aliphatic carbocycles. The summed E-state index contributed by atoms with van der Waals surface area (Å²) in [4.78, 5) is 16.9. The summed E-state index contributed by atoms with van der Waals surface area (Å²) >= 11 is 0. The van der Waals surface area contributed by atoms with Crippen LogP contribution in [0.15, 0.2) is 42.6 Å². The highest BCUT2D eigenvalue weighted by molar-refractivity contribution is 5.93. The van der Waals surface area contributed by atoms with E-state index in [9.17, 15) is 13.6 Å². The van der Waals surface area contributed by atoms with Crippen LogP contribution in [0.4, 0.5) is 20.2 Å². The second-order valence-electron chi connectivity index (χ2n) is 8.84. The fourth-order valence-electron chi connectivity index (χ4n) is 4.70. The van der Waals surface area contributed by atoms with E-state index in [2.05, 4.69) is 20.4 Å². The first-order valence-corrected chi connectivity index (χ1v) is 11.6. The zero-order chi connectivity index (χ0) is 23.7. The third kappa shape index (κ3) is 4.40. The lowest BCUT2D eigenvalue weighted by Crippen LogP contribution is -2.50. The van der Waals surface area contributed by atoms with Gasteiger partial charge in [-0.1, -0.05) is 12.1 Å². The summed E-state index contributed by atoms with van der Waals surface area (Å²) in [6.07, 6.45) is 2.40. The fourth-order valence-corrected chi connectivity index (χ4v) is 4.70. The van der Waals surface area contributed by atoms with Gasteiger partial charge in [0.2, 0.25) is 5.91 Å². The highest BCUT2D eigenvalue weighted by Crippen LogP contribution is 2.30. The quantitative estimate of drug-likeness (QED) is 0.616. The summed E-state index contributed by atoms with van der Waals surface area (Å²) in [6, 6.07) is 9.64. The predicted octanol–water partition coefficient (Wildman–Crippen LogP) is 3.77. The van der Waals surface area contributed by atoms with E-state index < -0.39 is 17.7 Å².